The van der Waals surface area contributed by atoms with Crippen molar-refractivity contribution in [2.45, 2.75) is 33.3 Å². The lowest BCUT2D eigenvalue weighted by Crippen LogP contribution is -2.28. The molecular formula is C24H29N3O2. The van der Waals surface area contributed by atoms with Crippen molar-refractivity contribution in [3.8, 4) is 0 Å². The third-order valence-electron chi connectivity index (χ3n) is 5.35. The molecule has 0 spiro atoms. The molecule has 0 aromatic heterocycles. The number of hydrogen-bond donors (Lipinski definition) is 2. The predicted molar refractivity (Wildman–Crippen MR) is 118 cm³/mol. The maximum absolute atomic E-state index is 12.0. The van der Waals surface area contributed by atoms with Crippen LogP contribution in [-0.2, 0) is 11.3 Å². The van der Waals surface area contributed by atoms with Crippen LogP contribution in [0.25, 0.3) is 0 Å². The molecule has 2 atom stereocenters. The summed E-state index contributed by atoms with van der Waals surface area (Å²) >= 11 is 0. The molecule has 2 unspecified atom stereocenters. The van der Waals surface area contributed by atoms with Crippen LogP contribution in [0.15, 0.2) is 76.9 Å². The summed E-state index contributed by atoms with van der Waals surface area (Å²) < 4.78 is 6.00. The molecule has 0 saturated carbocycles. The summed E-state index contributed by atoms with van der Waals surface area (Å²) in [5.41, 5.74) is 7.31. The molecule has 5 nitrogen and oxygen atoms in total. The maximum Gasteiger partial charge on any atom is 0.339 e. The number of carbonyl (C=O) groups excluding carboxylic acids is 1. The Labute approximate surface area is 172 Å². The molecule has 5 heteroatoms. The summed E-state index contributed by atoms with van der Waals surface area (Å²) in [6.07, 6.45) is 3.79. The Bertz CT molecular complexity index is 847. The Hall–Kier alpha value is -2.92. The molecule has 0 radical (unpaired) electrons. The second kappa shape index (κ2) is 10.6. The van der Waals surface area contributed by atoms with Crippen molar-refractivity contribution < 1.29 is 9.53 Å². The number of benzene rings is 2. The highest BCUT2D eigenvalue weighted by Gasteiger charge is 2.26. The molecule has 0 saturated heterocycles. The summed E-state index contributed by atoms with van der Waals surface area (Å²) in [6, 6.07) is 19.2. The molecule has 0 aliphatic heterocycles. The lowest BCUT2D eigenvalue weighted by atomic mass is 9.77. The number of hydrogen-bond acceptors (Lipinski definition) is 3. The smallest absolute Gasteiger partial charge is 0.339 e. The fourth-order valence-electron chi connectivity index (χ4n) is 3.54. The van der Waals surface area contributed by atoms with Gasteiger partial charge in [-0.3, -0.25) is 0 Å². The highest BCUT2D eigenvalue weighted by atomic mass is 16.5. The molecule has 0 bridgehead atoms. The molecule has 2 aromatic carbocycles. The van der Waals surface area contributed by atoms with E-state index < -0.39 is 0 Å². The van der Waals surface area contributed by atoms with Gasteiger partial charge in [0.05, 0.1) is 13.2 Å². The van der Waals surface area contributed by atoms with Crippen molar-refractivity contribution in [1.29, 1.82) is 0 Å². The minimum absolute atomic E-state index is 0.242. The number of allylic oxidation sites excluding steroid dienone is 2. The van der Waals surface area contributed by atoms with Gasteiger partial charge in [0.1, 0.15) is 0 Å². The van der Waals surface area contributed by atoms with Crippen molar-refractivity contribution >= 4 is 17.9 Å². The lowest BCUT2D eigenvalue weighted by Gasteiger charge is -2.30. The quantitative estimate of drug-likeness (QED) is 0.378. The average Bonchev–Trinajstić information content (AvgIpc) is 2.73. The van der Waals surface area contributed by atoms with Crippen LogP contribution in [0, 0.1) is 11.8 Å². The number of ether oxygens (including phenoxy) is 1. The number of rotatable bonds is 7. The minimum atomic E-state index is -0.344. The SMILES string of the molecule is CC1=C(C)CC(COCc2ccccc2)C(/C=N/NC(=O)Nc2ccccc2)C1. The molecule has 3 rings (SSSR count). The zero-order valence-corrected chi connectivity index (χ0v) is 17.1. The van der Waals surface area contributed by atoms with E-state index in [4.69, 9.17) is 4.74 Å². The van der Waals surface area contributed by atoms with E-state index >= 15 is 0 Å². The third kappa shape index (κ3) is 6.57. The molecule has 1 aliphatic rings. The number of para-hydroxylation sites is 1. The van der Waals surface area contributed by atoms with Gasteiger partial charge in [-0.25, -0.2) is 10.2 Å². The average molecular weight is 392 g/mol. The summed E-state index contributed by atoms with van der Waals surface area (Å²) in [6.45, 7) is 5.65. The summed E-state index contributed by atoms with van der Waals surface area (Å²) in [7, 11) is 0. The van der Waals surface area contributed by atoms with Crippen LogP contribution in [0.2, 0.25) is 0 Å². The molecular weight excluding hydrogens is 362 g/mol. The predicted octanol–water partition coefficient (Wildman–Crippen LogP) is 5.37. The molecule has 2 aromatic rings. The second-order valence-corrected chi connectivity index (χ2v) is 7.60. The van der Waals surface area contributed by atoms with Gasteiger partial charge in [0, 0.05) is 17.8 Å². The van der Waals surface area contributed by atoms with Crippen LogP contribution in [0.3, 0.4) is 0 Å². The van der Waals surface area contributed by atoms with Crippen LogP contribution >= 0.6 is 0 Å². The zero-order chi connectivity index (χ0) is 20.5. The van der Waals surface area contributed by atoms with E-state index in [2.05, 4.69) is 41.8 Å². The highest BCUT2D eigenvalue weighted by Crippen LogP contribution is 2.33. The Morgan fingerprint density at radius 2 is 1.69 bits per heavy atom. The van der Waals surface area contributed by atoms with Crippen molar-refractivity contribution in [1.82, 2.24) is 5.43 Å². The number of nitrogens with zero attached hydrogens (tertiary/aromatic N) is 1. The van der Waals surface area contributed by atoms with Crippen LogP contribution in [-0.4, -0.2) is 18.9 Å². The Balaban J connectivity index is 1.53. The first kappa shape index (κ1) is 20.8. The van der Waals surface area contributed by atoms with Crippen molar-refractivity contribution in [3.63, 3.8) is 0 Å². The topological polar surface area (TPSA) is 62.7 Å². The first-order valence-corrected chi connectivity index (χ1v) is 10.0. The molecule has 0 fully saturated rings. The zero-order valence-electron chi connectivity index (χ0n) is 17.1. The van der Waals surface area contributed by atoms with Crippen molar-refractivity contribution in [3.05, 3.63) is 77.4 Å². The summed E-state index contributed by atoms with van der Waals surface area (Å²) in [5.74, 6) is 0.594. The standard InChI is InChI=1S/C24H29N3O2/c1-18-13-21(15-25-27-24(28)26-23-11-7-4-8-12-23)22(14-19(18)2)17-29-16-20-9-5-3-6-10-20/h3-12,15,21-22H,13-14,16-17H2,1-2H3,(H2,26,27,28)/b25-15+. The highest BCUT2D eigenvalue weighted by molar-refractivity contribution is 5.89. The lowest BCUT2D eigenvalue weighted by molar-refractivity contribution is 0.0740. The first-order valence-electron chi connectivity index (χ1n) is 10.0. The minimum Gasteiger partial charge on any atom is -0.376 e. The van der Waals surface area contributed by atoms with Gasteiger partial charge >= 0.3 is 6.03 Å². The molecule has 2 amide bonds. The van der Waals surface area contributed by atoms with E-state index in [9.17, 15) is 4.79 Å². The van der Waals surface area contributed by atoms with Gasteiger partial charge in [-0.15, -0.1) is 0 Å². The summed E-state index contributed by atoms with van der Waals surface area (Å²) in [4.78, 5) is 12.0. The fraction of sp³-hybridized carbons (Fsp3) is 0.333. The fourth-order valence-corrected chi connectivity index (χ4v) is 3.54. The Morgan fingerprint density at radius 1 is 1.03 bits per heavy atom. The Kier molecular flexibility index (Phi) is 7.59. The van der Waals surface area contributed by atoms with Crippen molar-refractivity contribution in [2.75, 3.05) is 11.9 Å². The number of amides is 2. The first-order chi connectivity index (χ1) is 14.1. The summed E-state index contributed by atoms with van der Waals surface area (Å²) in [5, 5.41) is 6.96. The van der Waals surface area contributed by atoms with E-state index in [1.165, 1.54) is 16.7 Å². The van der Waals surface area contributed by atoms with Gasteiger partial charge in [-0.1, -0.05) is 59.7 Å². The molecule has 0 heterocycles. The van der Waals surface area contributed by atoms with Gasteiger partial charge in [-0.2, -0.15) is 5.10 Å². The van der Waals surface area contributed by atoms with Gasteiger partial charge in [0.2, 0.25) is 0 Å². The van der Waals surface area contributed by atoms with E-state index in [1.807, 2.05) is 54.7 Å². The van der Waals surface area contributed by atoms with Crippen LogP contribution in [0.5, 0.6) is 0 Å². The number of urea groups is 1. The van der Waals surface area contributed by atoms with Gasteiger partial charge in [0.25, 0.3) is 0 Å². The van der Waals surface area contributed by atoms with E-state index in [-0.39, 0.29) is 11.9 Å². The number of anilines is 1. The molecule has 29 heavy (non-hydrogen) atoms. The van der Waals surface area contributed by atoms with Crippen molar-refractivity contribution in [2.24, 2.45) is 16.9 Å². The van der Waals surface area contributed by atoms with E-state index in [0.29, 0.717) is 19.1 Å². The van der Waals surface area contributed by atoms with E-state index in [1.54, 1.807) is 0 Å². The molecule has 152 valence electrons. The molecule has 2 N–H and O–H groups in total. The van der Waals surface area contributed by atoms with Gasteiger partial charge in [0.15, 0.2) is 0 Å². The second-order valence-electron chi connectivity index (χ2n) is 7.60. The van der Waals surface area contributed by atoms with Crippen LogP contribution in [0.1, 0.15) is 32.3 Å². The largest absolute Gasteiger partial charge is 0.376 e. The van der Waals surface area contributed by atoms with Crippen LogP contribution < -0.4 is 10.7 Å². The van der Waals surface area contributed by atoms with Gasteiger partial charge in [-0.05, 0) is 50.3 Å². The number of nitrogens with one attached hydrogen (secondary N) is 2. The van der Waals surface area contributed by atoms with Gasteiger partial charge < -0.3 is 10.1 Å². The number of hydrazone groups is 1. The van der Waals surface area contributed by atoms with Crippen LogP contribution in [0.4, 0.5) is 10.5 Å². The Morgan fingerprint density at radius 3 is 2.41 bits per heavy atom. The normalized spacial score (nSPS) is 19.4. The maximum atomic E-state index is 12.0. The number of carbonyl (C=O) groups is 1. The van der Waals surface area contributed by atoms with E-state index in [0.717, 1.165) is 18.5 Å². The monoisotopic (exact) mass is 391 g/mol. The third-order valence-corrected chi connectivity index (χ3v) is 5.35. The molecule has 1 aliphatic carbocycles.